The molecule has 0 radical (unpaired) electrons. The zero-order chi connectivity index (χ0) is 18.2. The highest BCUT2D eigenvalue weighted by atomic mass is 32.2. The van der Waals surface area contributed by atoms with Gasteiger partial charge >= 0.3 is 5.97 Å². The van der Waals surface area contributed by atoms with Gasteiger partial charge in [-0.15, -0.1) is 0 Å². The summed E-state index contributed by atoms with van der Waals surface area (Å²) in [6, 6.07) is 0. The van der Waals surface area contributed by atoms with Gasteiger partial charge in [0.2, 0.25) is 0 Å². The molecule has 4 bridgehead atoms. The van der Waals surface area contributed by atoms with Crippen molar-refractivity contribution in [3.8, 4) is 0 Å². The van der Waals surface area contributed by atoms with Crippen molar-refractivity contribution in [1.82, 2.24) is 0 Å². The number of esters is 1. The van der Waals surface area contributed by atoms with E-state index >= 15 is 0 Å². The second kappa shape index (κ2) is 10.4. The highest BCUT2D eigenvalue weighted by molar-refractivity contribution is 7.85. The average Bonchev–Trinajstić information content (AvgIpc) is 2.52. The molecule has 24 heavy (non-hydrogen) atoms. The topological polar surface area (TPSA) is 89.9 Å². The Morgan fingerprint density at radius 1 is 0.958 bits per heavy atom. The van der Waals surface area contributed by atoms with Crippen LogP contribution in [-0.4, -0.2) is 45.0 Å². The van der Waals surface area contributed by atoms with Crippen LogP contribution in [0.1, 0.15) is 52.4 Å². The lowest BCUT2D eigenvalue weighted by molar-refractivity contribution is -0.145. The summed E-state index contributed by atoms with van der Waals surface area (Å²) in [6.07, 6.45) is 9.62. The first-order valence-corrected chi connectivity index (χ1v) is 10.6. The second-order valence-corrected chi connectivity index (χ2v) is 8.37. The molecule has 4 aliphatic rings. The monoisotopic (exact) mass is 364 g/mol. The van der Waals surface area contributed by atoms with E-state index in [0.29, 0.717) is 0 Å². The van der Waals surface area contributed by atoms with E-state index in [0.717, 1.165) is 0 Å². The third-order valence-electron chi connectivity index (χ3n) is 4.93. The Bertz CT molecular complexity index is 417. The third-order valence-corrected chi connectivity index (χ3v) is 5.62. The molecule has 142 valence electrons. The molecule has 1 N–H and O–H groups in total. The number of methoxy groups -OCH3 is 1. The summed E-state index contributed by atoms with van der Waals surface area (Å²) in [6.45, 7) is 3.46. The van der Waals surface area contributed by atoms with Crippen LogP contribution < -0.4 is 0 Å². The van der Waals surface area contributed by atoms with Gasteiger partial charge < -0.3 is 9.47 Å². The number of carbonyl (C=O) groups is 1. The van der Waals surface area contributed by atoms with Gasteiger partial charge in [-0.25, -0.2) is 4.79 Å². The lowest BCUT2D eigenvalue weighted by Crippen LogP contribution is -2.38. The summed E-state index contributed by atoms with van der Waals surface area (Å²) in [5.41, 5.74) is 0. The molecule has 4 saturated carbocycles. The molecule has 6 nitrogen and oxygen atoms in total. The van der Waals surface area contributed by atoms with Crippen LogP contribution in [0.4, 0.5) is 0 Å². The highest BCUT2D eigenvalue weighted by Gasteiger charge is 2.41. The minimum atomic E-state index is -4.01. The van der Waals surface area contributed by atoms with Gasteiger partial charge in [-0.3, -0.25) is 4.55 Å². The Labute approximate surface area is 146 Å². The first-order chi connectivity index (χ1) is 11.4. The van der Waals surface area contributed by atoms with Crippen molar-refractivity contribution in [2.45, 2.75) is 52.4 Å². The molecule has 0 aromatic carbocycles. The quantitative estimate of drug-likeness (QED) is 0.458. The molecule has 0 aliphatic heterocycles. The lowest BCUT2D eigenvalue weighted by atomic mass is 9.56. The average molecular weight is 365 g/mol. The Morgan fingerprint density at radius 2 is 1.33 bits per heavy atom. The number of hydrogen-bond acceptors (Lipinski definition) is 5. The van der Waals surface area contributed by atoms with E-state index in [-0.39, 0.29) is 13.2 Å². The Kier molecular flexibility index (Phi) is 9.23. The first-order valence-electron chi connectivity index (χ1n) is 8.95. The predicted molar refractivity (Wildman–Crippen MR) is 92.3 cm³/mol. The molecule has 0 unspecified atom stereocenters. The zero-order valence-corrected chi connectivity index (χ0v) is 15.9. The largest absolute Gasteiger partial charge is 0.467 e. The van der Waals surface area contributed by atoms with E-state index in [4.69, 9.17) is 4.55 Å². The van der Waals surface area contributed by atoms with E-state index < -0.39 is 21.8 Å². The minimum Gasteiger partial charge on any atom is -0.467 e. The van der Waals surface area contributed by atoms with Gasteiger partial charge in [0.05, 0.1) is 19.5 Å². The van der Waals surface area contributed by atoms with Crippen molar-refractivity contribution in [3.05, 3.63) is 0 Å². The molecule has 0 heterocycles. The molecule has 4 rings (SSSR count). The number of hydrogen-bond donors (Lipinski definition) is 1. The Balaban J connectivity index is 0.000000218. The summed E-state index contributed by atoms with van der Waals surface area (Å²) in [4.78, 5) is 10.4. The van der Waals surface area contributed by atoms with Crippen molar-refractivity contribution in [2.75, 3.05) is 26.1 Å². The van der Waals surface area contributed by atoms with Crippen molar-refractivity contribution < 1.29 is 27.2 Å². The molecule has 0 saturated heterocycles. The maximum Gasteiger partial charge on any atom is 0.331 e. The van der Waals surface area contributed by atoms with Gasteiger partial charge in [0, 0.05) is 0 Å². The van der Waals surface area contributed by atoms with Crippen molar-refractivity contribution >= 4 is 16.1 Å². The number of carbonyl (C=O) groups excluding carboxylic acids is 1. The minimum absolute atomic E-state index is 0.228. The fraction of sp³-hybridized carbons (Fsp3) is 0.941. The fourth-order valence-corrected chi connectivity index (χ4v) is 4.69. The van der Waals surface area contributed by atoms with E-state index in [2.05, 4.69) is 9.47 Å². The van der Waals surface area contributed by atoms with Crippen LogP contribution in [0.25, 0.3) is 0 Å². The summed E-state index contributed by atoms with van der Waals surface area (Å²) in [5, 5.41) is 0. The zero-order valence-electron chi connectivity index (χ0n) is 15.1. The molecule has 7 heteroatoms. The van der Waals surface area contributed by atoms with Crippen molar-refractivity contribution in [3.63, 3.8) is 0 Å². The highest BCUT2D eigenvalue weighted by Crippen LogP contribution is 2.53. The van der Waals surface area contributed by atoms with E-state index in [1.54, 1.807) is 38.5 Å². The summed E-state index contributed by atoms with van der Waals surface area (Å²) < 4.78 is 37.2. The van der Waals surface area contributed by atoms with Crippen LogP contribution in [0.2, 0.25) is 0 Å². The van der Waals surface area contributed by atoms with Gasteiger partial charge in [-0.2, -0.15) is 8.42 Å². The standard InChI is InChI=1S/C10H16.C5H10O6S.C2H6/c1-7-2-9-4-8(1)5-10(3-7)6-9;1-10-5(6)4-11-2-3-12(7,8)9;1-2/h7-10H,1-6H2;2-4H2,1H3,(H,7,8,9);1-2H3. The van der Waals surface area contributed by atoms with E-state index in [9.17, 15) is 13.2 Å². The van der Waals surface area contributed by atoms with E-state index in [1.807, 2.05) is 13.8 Å². The molecular formula is C17H32O6S. The second-order valence-electron chi connectivity index (χ2n) is 6.79. The molecular weight excluding hydrogens is 332 g/mol. The van der Waals surface area contributed by atoms with Crippen molar-refractivity contribution in [2.24, 2.45) is 23.7 Å². The SMILES string of the molecule is C1C2CC3CC1CC(C2)C3.CC.COC(=O)COCCS(=O)(=O)O. The van der Waals surface area contributed by atoms with Crippen LogP contribution in [-0.2, 0) is 24.4 Å². The predicted octanol–water partition coefficient (Wildman–Crippen LogP) is 2.92. The van der Waals surface area contributed by atoms with Gasteiger partial charge in [-0.1, -0.05) is 13.8 Å². The van der Waals surface area contributed by atoms with Gasteiger partial charge in [0.1, 0.15) is 6.61 Å². The maximum atomic E-state index is 10.4. The van der Waals surface area contributed by atoms with Gasteiger partial charge in [-0.05, 0) is 62.2 Å². The summed E-state index contributed by atoms with van der Waals surface area (Å²) in [5.74, 6) is 3.59. The fourth-order valence-electron chi connectivity index (χ4n) is 4.36. The molecule has 0 amide bonds. The lowest BCUT2D eigenvalue weighted by Gasteiger charge is -2.49. The van der Waals surface area contributed by atoms with E-state index in [1.165, 1.54) is 30.8 Å². The van der Waals surface area contributed by atoms with Gasteiger partial charge in [0.25, 0.3) is 10.1 Å². The smallest absolute Gasteiger partial charge is 0.331 e. The molecule has 0 aromatic rings. The van der Waals surface area contributed by atoms with Crippen molar-refractivity contribution in [1.29, 1.82) is 0 Å². The summed E-state index contributed by atoms with van der Waals surface area (Å²) >= 11 is 0. The molecule has 4 aliphatic carbocycles. The maximum absolute atomic E-state index is 10.4. The van der Waals surface area contributed by atoms with Crippen LogP contribution in [0.3, 0.4) is 0 Å². The van der Waals surface area contributed by atoms with Crippen LogP contribution >= 0.6 is 0 Å². The Hall–Kier alpha value is -0.660. The molecule has 4 fully saturated rings. The third kappa shape index (κ3) is 7.94. The first kappa shape index (κ1) is 21.4. The number of ether oxygens (including phenoxy) is 2. The summed E-state index contributed by atoms with van der Waals surface area (Å²) in [7, 11) is -2.82. The van der Waals surface area contributed by atoms with Gasteiger partial charge in [0.15, 0.2) is 0 Å². The number of rotatable bonds is 5. The molecule has 0 aromatic heterocycles. The molecule has 0 atom stereocenters. The van der Waals surface area contributed by atoms with Crippen LogP contribution in [0.5, 0.6) is 0 Å². The van der Waals surface area contributed by atoms with Crippen LogP contribution in [0.15, 0.2) is 0 Å². The Morgan fingerprint density at radius 3 is 1.62 bits per heavy atom. The molecule has 0 spiro atoms. The van der Waals surface area contributed by atoms with Crippen LogP contribution in [0, 0.1) is 23.7 Å². The normalized spacial score (nSPS) is 29.8.